The lowest BCUT2D eigenvalue weighted by Crippen LogP contribution is -2.10. The molecule has 0 aliphatic carbocycles. The quantitative estimate of drug-likeness (QED) is 0.796. The van der Waals surface area contributed by atoms with Crippen LogP contribution in [-0.2, 0) is 11.8 Å². The molecule has 1 N–H and O–H groups in total. The topological polar surface area (TPSA) is 37.8 Å². The largest absolute Gasteiger partial charge is 0.340 e. The zero-order valence-corrected chi connectivity index (χ0v) is 13.8. The van der Waals surface area contributed by atoms with Gasteiger partial charge in [-0.25, -0.2) is 9.97 Å². The molecule has 3 nitrogen and oxygen atoms in total. The van der Waals surface area contributed by atoms with Crippen LogP contribution in [0.1, 0.15) is 45.2 Å². The summed E-state index contributed by atoms with van der Waals surface area (Å²) in [5.74, 6) is 0.792. The summed E-state index contributed by atoms with van der Waals surface area (Å²) in [7, 11) is 0. The predicted octanol–water partition coefficient (Wildman–Crippen LogP) is 5.12. The standard InChI is InChI=1S/C17H22ClN3/c1-5-6-14-15(18)19-11-20-16(14)21-13-9-7-12(8-10-13)17(2,3)4/h7-11H,5-6H2,1-4H3,(H,19,20,21). The first-order valence-electron chi connectivity index (χ1n) is 7.28. The van der Waals surface area contributed by atoms with E-state index in [2.05, 4.69) is 67.2 Å². The van der Waals surface area contributed by atoms with Crippen LogP contribution in [0.2, 0.25) is 5.15 Å². The van der Waals surface area contributed by atoms with Gasteiger partial charge in [0.2, 0.25) is 0 Å². The van der Waals surface area contributed by atoms with E-state index in [0.717, 1.165) is 29.9 Å². The second kappa shape index (κ2) is 6.44. The lowest BCUT2D eigenvalue weighted by atomic mass is 9.87. The Balaban J connectivity index is 2.24. The molecule has 0 spiro atoms. The highest BCUT2D eigenvalue weighted by Crippen LogP contribution is 2.27. The summed E-state index contributed by atoms with van der Waals surface area (Å²) in [5.41, 5.74) is 3.45. The molecular weight excluding hydrogens is 282 g/mol. The van der Waals surface area contributed by atoms with Crippen LogP contribution in [0.5, 0.6) is 0 Å². The van der Waals surface area contributed by atoms with Crippen LogP contribution in [0.4, 0.5) is 11.5 Å². The molecule has 0 fully saturated rings. The SMILES string of the molecule is CCCc1c(Cl)ncnc1Nc1ccc(C(C)(C)C)cc1. The molecule has 1 aromatic carbocycles. The van der Waals surface area contributed by atoms with Crippen molar-refractivity contribution in [2.24, 2.45) is 0 Å². The van der Waals surface area contributed by atoms with E-state index < -0.39 is 0 Å². The van der Waals surface area contributed by atoms with Gasteiger partial charge in [-0.05, 0) is 29.5 Å². The zero-order chi connectivity index (χ0) is 15.5. The van der Waals surface area contributed by atoms with Gasteiger partial charge in [0.25, 0.3) is 0 Å². The molecule has 2 aromatic rings. The molecule has 0 saturated heterocycles. The van der Waals surface area contributed by atoms with Crippen molar-refractivity contribution >= 4 is 23.1 Å². The molecule has 0 unspecified atom stereocenters. The maximum atomic E-state index is 6.17. The van der Waals surface area contributed by atoms with Crippen molar-refractivity contribution < 1.29 is 0 Å². The van der Waals surface area contributed by atoms with Crippen molar-refractivity contribution in [3.63, 3.8) is 0 Å². The van der Waals surface area contributed by atoms with Crippen LogP contribution >= 0.6 is 11.6 Å². The summed E-state index contributed by atoms with van der Waals surface area (Å²) in [6, 6.07) is 8.44. The molecule has 0 aliphatic rings. The summed E-state index contributed by atoms with van der Waals surface area (Å²) in [6.07, 6.45) is 3.36. The minimum atomic E-state index is 0.157. The van der Waals surface area contributed by atoms with E-state index in [1.165, 1.54) is 11.9 Å². The van der Waals surface area contributed by atoms with Crippen molar-refractivity contribution in [1.82, 2.24) is 9.97 Å². The molecule has 21 heavy (non-hydrogen) atoms. The fourth-order valence-electron chi connectivity index (χ4n) is 2.16. The Hall–Kier alpha value is -1.61. The molecule has 1 aromatic heterocycles. The Labute approximate surface area is 131 Å². The molecule has 0 saturated carbocycles. The lowest BCUT2D eigenvalue weighted by molar-refractivity contribution is 0.590. The van der Waals surface area contributed by atoms with Crippen LogP contribution in [-0.4, -0.2) is 9.97 Å². The van der Waals surface area contributed by atoms with Gasteiger partial charge in [0.05, 0.1) is 0 Å². The third-order valence-corrected chi connectivity index (χ3v) is 3.73. The molecule has 0 amide bonds. The average molecular weight is 304 g/mol. The van der Waals surface area contributed by atoms with Gasteiger partial charge < -0.3 is 5.32 Å². The first-order chi connectivity index (χ1) is 9.91. The van der Waals surface area contributed by atoms with Crippen LogP contribution in [0, 0.1) is 0 Å². The summed E-state index contributed by atoms with van der Waals surface area (Å²) in [5, 5.41) is 3.87. The van der Waals surface area contributed by atoms with Crippen molar-refractivity contribution in [2.45, 2.75) is 46.0 Å². The van der Waals surface area contributed by atoms with Crippen LogP contribution in [0.15, 0.2) is 30.6 Å². The first kappa shape index (κ1) is 15.8. The maximum absolute atomic E-state index is 6.17. The number of nitrogens with zero attached hydrogens (tertiary/aromatic N) is 2. The fraction of sp³-hybridized carbons (Fsp3) is 0.412. The Kier molecular flexibility index (Phi) is 4.84. The number of benzene rings is 1. The van der Waals surface area contributed by atoms with Crippen LogP contribution in [0.25, 0.3) is 0 Å². The molecule has 0 bridgehead atoms. The van der Waals surface area contributed by atoms with Gasteiger partial charge in [-0.2, -0.15) is 0 Å². The van der Waals surface area contributed by atoms with Crippen molar-refractivity contribution in [3.05, 3.63) is 46.9 Å². The summed E-state index contributed by atoms with van der Waals surface area (Å²) in [4.78, 5) is 8.38. The van der Waals surface area contributed by atoms with E-state index in [-0.39, 0.29) is 5.41 Å². The third-order valence-electron chi connectivity index (χ3n) is 3.41. The van der Waals surface area contributed by atoms with Gasteiger partial charge in [-0.1, -0.05) is 57.8 Å². The second-order valence-corrected chi connectivity index (χ2v) is 6.55. The number of hydrogen-bond acceptors (Lipinski definition) is 3. The monoisotopic (exact) mass is 303 g/mol. The van der Waals surface area contributed by atoms with E-state index in [1.807, 2.05) is 0 Å². The molecule has 1 heterocycles. The molecular formula is C17H22ClN3. The molecule has 112 valence electrons. The molecule has 0 aliphatic heterocycles. The smallest absolute Gasteiger partial charge is 0.138 e. The van der Waals surface area contributed by atoms with Gasteiger partial charge in [0, 0.05) is 11.3 Å². The van der Waals surface area contributed by atoms with Gasteiger partial charge in [0.15, 0.2) is 0 Å². The number of hydrogen-bond donors (Lipinski definition) is 1. The van der Waals surface area contributed by atoms with Gasteiger partial charge >= 0.3 is 0 Å². The minimum absolute atomic E-state index is 0.157. The van der Waals surface area contributed by atoms with E-state index >= 15 is 0 Å². The highest BCUT2D eigenvalue weighted by atomic mass is 35.5. The predicted molar refractivity (Wildman–Crippen MR) is 89.5 cm³/mol. The average Bonchev–Trinajstić information content (AvgIpc) is 2.42. The second-order valence-electron chi connectivity index (χ2n) is 6.19. The molecule has 4 heteroatoms. The number of rotatable bonds is 4. The number of aromatic nitrogens is 2. The number of halogens is 1. The lowest BCUT2D eigenvalue weighted by Gasteiger charge is -2.19. The highest BCUT2D eigenvalue weighted by Gasteiger charge is 2.13. The summed E-state index contributed by atoms with van der Waals surface area (Å²) < 4.78 is 0. The van der Waals surface area contributed by atoms with Crippen molar-refractivity contribution in [2.75, 3.05) is 5.32 Å². The molecule has 0 atom stereocenters. The van der Waals surface area contributed by atoms with E-state index in [1.54, 1.807) is 0 Å². The fourth-order valence-corrected chi connectivity index (χ4v) is 2.39. The van der Waals surface area contributed by atoms with Gasteiger partial charge in [0.1, 0.15) is 17.3 Å². The van der Waals surface area contributed by atoms with E-state index in [0.29, 0.717) is 5.15 Å². The van der Waals surface area contributed by atoms with Crippen LogP contribution in [0.3, 0.4) is 0 Å². The molecule has 2 rings (SSSR count). The number of nitrogens with one attached hydrogen (secondary N) is 1. The van der Waals surface area contributed by atoms with Gasteiger partial charge in [-0.3, -0.25) is 0 Å². The minimum Gasteiger partial charge on any atom is -0.340 e. The highest BCUT2D eigenvalue weighted by molar-refractivity contribution is 6.30. The Morgan fingerprint density at radius 2 is 1.76 bits per heavy atom. The van der Waals surface area contributed by atoms with E-state index in [9.17, 15) is 0 Å². The Bertz CT molecular complexity index is 600. The van der Waals surface area contributed by atoms with Crippen LogP contribution < -0.4 is 5.32 Å². The number of anilines is 2. The first-order valence-corrected chi connectivity index (χ1v) is 7.66. The summed E-state index contributed by atoms with van der Waals surface area (Å²) >= 11 is 6.17. The zero-order valence-electron chi connectivity index (χ0n) is 13.1. The van der Waals surface area contributed by atoms with Gasteiger partial charge in [-0.15, -0.1) is 0 Å². The van der Waals surface area contributed by atoms with Crippen molar-refractivity contribution in [1.29, 1.82) is 0 Å². The maximum Gasteiger partial charge on any atom is 0.138 e. The Morgan fingerprint density at radius 3 is 2.33 bits per heavy atom. The Morgan fingerprint density at radius 1 is 1.10 bits per heavy atom. The van der Waals surface area contributed by atoms with E-state index in [4.69, 9.17) is 11.6 Å². The van der Waals surface area contributed by atoms with Crippen molar-refractivity contribution in [3.8, 4) is 0 Å². The summed E-state index contributed by atoms with van der Waals surface area (Å²) in [6.45, 7) is 8.74. The normalized spacial score (nSPS) is 11.5. The molecule has 0 radical (unpaired) electrons. The third kappa shape index (κ3) is 3.94.